The van der Waals surface area contributed by atoms with E-state index in [4.69, 9.17) is 0 Å². The van der Waals surface area contributed by atoms with Crippen molar-refractivity contribution in [3.8, 4) is 0 Å². The summed E-state index contributed by atoms with van der Waals surface area (Å²) in [6.07, 6.45) is -4.39. The Morgan fingerprint density at radius 3 is 2.16 bits per heavy atom. The molecule has 4 amide bonds. The van der Waals surface area contributed by atoms with Gasteiger partial charge in [-0.3, -0.25) is 0 Å². The lowest BCUT2D eigenvalue weighted by Crippen LogP contribution is -2.54. The van der Waals surface area contributed by atoms with Crippen molar-refractivity contribution in [2.24, 2.45) is 0 Å². The molecular formula is C16H21F3N4O2. The van der Waals surface area contributed by atoms with E-state index in [1.807, 2.05) is 0 Å². The summed E-state index contributed by atoms with van der Waals surface area (Å²) in [6, 6.07) is 4.30. The first kappa shape index (κ1) is 18.9. The van der Waals surface area contributed by atoms with Crippen LogP contribution >= 0.6 is 0 Å². The third-order valence-electron chi connectivity index (χ3n) is 4.05. The largest absolute Gasteiger partial charge is 0.416 e. The molecule has 1 fully saturated rings. The molecule has 1 heterocycles. The molecule has 0 aromatic heterocycles. The molecular weight excluding hydrogens is 337 g/mol. The fraction of sp³-hybridized carbons (Fsp3) is 0.500. The minimum atomic E-state index is -4.39. The number of halogens is 3. The Kier molecular flexibility index (Phi) is 5.44. The van der Waals surface area contributed by atoms with Gasteiger partial charge < -0.3 is 14.7 Å². The number of imide groups is 1. The highest BCUT2D eigenvalue weighted by molar-refractivity contribution is 5.93. The lowest BCUT2D eigenvalue weighted by Gasteiger charge is -2.37. The van der Waals surface area contributed by atoms with E-state index in [-0.39, 0.29) is 0 Å². The average molecular weight is 358 g/mol. The second kappa shape index (κ2) is 7.20. The van der Waals surface area contributed by atoms with Crippen LogP contribution in [0.3, 0.4) is 0 Å². The fourth-order valence-corrected chi connectivity index (χ4v) is 2.63. The first-order valence-corrected chi connectivity index (χ1v) is 7.77. The van der Waals surface area contributed by atoms with Crippen LogP contribution in [0.2, 0.25) is 0 Å². The van der Waals surface area contributed by atoms with Gasteiger partial charge in [0, 0.05) is 53.0 Å². The van der Waals surface area contributed by atoms with Crippen molar-refractivity contribution in [3.63, 3.8) is 0 Å². The van der Waals surface area contributed by atoms with Gasteiger partial charge in [0.1, 0.15) is 0 Å². The van der Waals surface area contributed by atoms with E-state index in [9.17, 15) is 22.8 Å². The van der Waals surface area contributed by atoms with E-state index in [1.54, 1.807) is 25.1 Å². The molecule has 0 atom stereocenters. The van der Waals surface area contributed by atoms with Gasteiger partial charge in [0.15, 0.2) is 0 Å². The summed E-state index contributed by atoms with van der Waals surface area (Å²) in [5, 5.41) is 0. The van der Waals surface area contributed by atoms with Crippen LogP contribution in [0.5, 0.6) is 0 Å². The summed E-state index contributed by atoms with van der Waals surface area (Å²) in [6.45, 7) is 1.47. The Labute approximate surface area is 144 Å². The van der Waals surface area contributed by atoms with Crippen LogP contribution in [-0.4, -0.2) is 74.1 Å². The summed E-state index contributed by atoms with van der Waals surface area (Å²) in [4.78, 5) is 29.8. The zero-order chi connectivity index (χ0) is 18.8. The summed E-state index contributed by atoms with van der Waals surface area (Å²) in [7, 11) is 4.51. The summed E-state index contributed by atoms with van der Waals surface area (Å²) in [5.41, 5.74) is -0.223. The minimum absolute atomic E-state index is 0.333. The number of anilines is 1. The van der Waals surface area contributed by atoms with E-state index in [0.717, 1.165) is 17.0 Å². The maximum atomic E-state index is 12.8. The van der Waals surface area contributed by atoms with E-state index in [1.165, 1.54) is 22.9 Å². The van der Waals surface area contributed by atoms with Crippen molar-refractivity contribution >= 4 is 17.7 Å². The predicted molar refractivity (Wildman–Crippen MR) is 87.5 cm³/mol. The smallest absolute Gasteiger partial charge is 0.368 e. The van der Waals surface area contributed by atoms with Gasteiger partial charge in [-0.1, -0.05) is 6.07 Å². The molecule has 0 aliphatic carbocycles. The fourth-order valence-electron chi connectivity index (χ4n) is 2.63. The molecule has 1 aliphatic rings. The quantitative estimate of drug-likeness (QED) is 0.775. The van der Waals surface area contributed by atoms with Gasteiger partial charge in [0.2, 0.25) is 0 Å². The predicted octanol–water partition coefficient (Wildman–Crippen LogP) is 2.56. The highest BCUT2D eigenvalue weighted by Crippen LogP contribution is 2.31. The Bertz CT molecular complexity index is 641. The number of urea groups is 2. The average Bonchev–Trinajstić information content (AvgIpc) is 2.59. The second-order valence-electron chi connectivity index (χ2n) is 6.04. The van der Waals surface area contributed by atoms with Gasteiger partial charge in [-0.15, -0.1) is 0 Å². The number of rotatable bonds is 1. The maximum absolute atomic E-state index is 12.8. The molecule has 1 saturated heterocycles. The van der Waals surface area contributed by atoms with Gasteiger partial charge in [0.25, 0.3) is 0 Å². The lowest BCUT2D eigenvalue weighted by atomic mass is 10.1. The van der Waals surface area contributed by atoms with E-state index >= 15 is 0 Å². The number of carbonyl (C=O) groups is 2. The molecule has 0 radical (unpaired) electrons. The van der Waals surface area contributed by atoms with Crippen LogP contribution in [0.4, 0.5) is 28.4 Å². The van der Waals surface area contributed by atoms with Crippen molar-refractivity contribution in [3.05, 3.63) is 29.8 Å². The van der Waals surface area contributed by atoms with Gasteiger partial charge >= 0.3 is 18.2 Å². The standard InChI is InChI=1S/C16H21F3N4O2/c1-20(2)14(24)21(3)15(25)23-9-7-22(8-10-23)13-6-4-5-12(11-13)16(17,18)19/h4-6,11H,7-10H2,1-3H3. The molecule has 0 unspecified atom stereocenters. The summed E-state index contributed by atoms with van der Waals surface area (Å²) >= 11 is 0. The third kappa shape index (κ3) is 4.34. The minimum Gasteiger partial charge on any atom is -0.368 e. The number of hydrogen-bond acceptors (Lipinski definition) is 3. The number of nitrogens with zero attached hydrogens (tertiary/aromatic N) is 4. The van der Waals surface area contributed by atoms with E-state index in [2.05, 4.69) is 0 Å². The molecule has 6 nitrogen and oxygen atoms in total. The molecule has 25 heavy (non-hydrogen) atoms. The van der Waals surface area contributed by atoms with E-state index < -0.39 is 23.8 Å². The molecule has 1 aromatic rings. The monoisotopic (exact) mass is 358 g/mol. The highest BCUT2D eigenvalue weighted by Gasteiger charge is 2.32. The zero-order valence-corrected chi connectivity index (χ0v) is 14.4. The number of amides is 4. The summed E-state index contributed by atoms with van der Waals surface area (Å²) < 4.78 is 38.5. The molecule has 2 rings (SSSR count). The van der Waals surface area contributed by atoms with Gasteiger partial charge in [0.05, 0.1) is 5.56 Å². The van der Waals surface area contributed by atoms with Crippen LogP contribution in [0.15, 0.2) is 24.3 Å². The normalized spacial score (nSPS) is 15.1. The third-order valence-corrected chi connectivity index (χ3v) is 4.05. The molecule has 138 valence electrons. The van der Waals surface area contributed by atoms with Gasteiger partial charge in [-0.25, -0.2) is 14.5 Å². The number of benzene rings is 1. The van der Waals surface area contributed by atoms with Crippen molar-refractivity contribution in [2.75, 3.05) is 52.2 Å². The molecule has 0 N–H and O–H groups in total. The van der Waals surface area contributed by atoms with Crippen LogP contribution in [0, 0.1) is 0 Å². The molecule has 9 heteroatoms. The first-order valence-electron chi connectivity index (χ1n) is 7.77. The van der Waals surface area contributed by atoms with Crippen molar-refractivity contribution in [1.29, 1.82) is 0 Å². The first-order chi connectivity index (χ1) is 11.6. The van der Waals surface area contributed by atoms with Crippen LogP contribution in [-0.2, 0) is 6.18 Å². The molecule has 1 aromatic carbocycles. The van der Waals surface area contributed by atoms with Crippen LogP contribution < -0.4 is 4.90 Å². The zero-order valence-electron chi connectivity index (χ0n) is 14.4. The number of hydrogen-bond donors (Lipinski definition) is 0. The number of alkyl halides is 3. The number of carbonyl (C=O) groups excluding carboxylic acids is 2. The number of piperazine rings is 1. The highest BCUT2D eigenvalue weighted by atomic mass is 19.4. The maximum Gasteiger partial charge on any atom is 0.416 e. The topological polar surface area (TPSA) is 47.1 Å². The van der Waals surface area contributed by atoms with Crippen LogP contribution in [0.1, 0.15) is 5.56 Å². The van der Waals surface area contributed by atoms with E-state index in [0.29, 0.717) is 31.9 Å². The molecule has 0 bridgehead atoms. The van der Waals surface area contributed by atoms with Gasteiger partial charge in [-0.2, -0.15) is 13.2 Å². The van der Waals surface area contributed by atoms with Gasteiger partial charge in [-0.05, 0) is 18.2 Å². The van der Waals surface area contributed by atoms with Crippen molar-refractivity contribution in [2.45, 2.75) is 6.18 Å². The van der Waals surface area contributed by atoms with Crippen molar-refractivity contribution < 1.29 is 22.8 Å². The second-order valence-corrected chi connectivity index (χ2v) is 6.04. The Balaban J connectivity index is 2.00. The molecule has 0 spiro atoms. The SMILES string of the molecule is CN(C)C(=O)N(C)C(=O)N1CCN(c2cccc(C(F)(F)F)c2)CC1. The van der Waals surface area contributed by atoms with Crippen LogP contribution in [0.25, 0.3) is 0 Å². The Hall–Kier alpha value is -2.45. The van der Waals surface area contributed by atoms with Crippen molar-refractivity contribution in [1.82, 2.24) is 14.7 Å². The Morgan fingerprint density at radius 2 is 1.64 bits per heavy atom. The summed E-state index contributed by atoms with van der Waals surface area (Å²) in [5.74, 6) is 0. The molecule has 1 aliphatic heterocycles. The Morgan fingerprint density at radius 1 is 1.04 bits per heavy atom. The molecule has 0 saturated carbocycles. The lowest BCUT2D eigenvalue weighted by molar-refractivity contribution is -0.137.